The molecule has 0 heterocycles. The first-order valence-electron chi connectivity index (χ1n) is 3.92. The van der Waals surface area contributed by atoms with Crippen LogP contribution in [0.15, 0.2) is 12.1 Å². The number of hydrogen-bond donors (Lipinski definition) is 2. The Balaban J connectivity index is 3.06. The molecule has 0 aliphatic heterocycles. The first-order chi connectivity index (χ1) is 6.19. The zero-order valence-electron chi connectivity index (χ0n) is 7.25. The van der Waals surface area contributed by atoms with E-state index in [2.05, 4.69) is 0 Å². The Hall–Kier alpha value is -1.09. The van der Waals surface area contributed by atoms with Gasteiger partial charge in [-0.05, 0) is 13.0 Å². The molecular weight excluding hydrogens is 192 g/mol. The van der Waals surface area contributed by atoms with Crippen molar-refractivity contribution in [2.45, 2.75) is 12.8 Å². The van der Waals surface area contributed by atoms with Crippen LogP contribution in [0.2, 0.25) is 0 Å². The van der Waals surface area contributed by atoms with Crippen molar-refractivity contribution in [3.05, 3.63) is 17.7 Å². The van der Waals surface area contributed by atoms with Crippen LogP contribution in [0.25, 0.3) is 0 Å². The lowest BCUT2D eigenvalue weighted by Crippen LogP contribution is -1.92. The predicted octanol–water partition coefficient (Wildman–Crippen LogP) is 2.24. The lowest BCUT2D eigenvalue weighted by molar-refractivity contribution is 0.333. The molecule has 0 bridgehead atoms. The topological polar surface area (TPSA) is 49.7 Å². The average molecular weight is 203 g/mol. The quantitative estimate of drug-likeness (QED) is 0.584. The molecule has 1 aromatic carbocycles. The molecule has 0 unspecified atom stereocenters. The maximum Gasteiger partial charge on any atom is 0.162 e. The van der Waals surface area contributed by atoms with Crippen molar-refractivity contribution in [1.82, 2.24) is 0 Å². The standard InChI is InChI=1S/C9H11ClO3/c1-2-13-7-3-6(5-10)9(12)8(11)4-7/h3-4,11-12H,2,5H2,1H3. The zero-order valence-corrected chi connectivity index (χ0v) is 8.01. The van der Waals surface area contributed by atoms with Gasteiger partial charge in [-0.1, -0.05) is 0 Å². The lowest BCUT2D eigenvalue weighted by Gasteiger charge is -2.07. The monoisotopic (exact) mass is 202 g/mol. The van der Waals surface area contributed by atoms with Gasteiger partial charge < -0.3 is 14.9 Å². The fraction of sp³-hybridized carbons (Fsp3) is 0.333. The van der Waals surface area contributed by atoms with E-state index < -0.39 is 0 Å². The van der Waals surface area contributed by atoms with Gasteiger partial charge in [0.1, 0.15) is 5.75 Å². The third-order valence-electron chi connectivity index (χ3n) is 1.60. The van der Waals surface area contributed by atoms with Gasteiger partial charge in [0.15, 0.2) is 11.5 Å². The summed E-state index contributed by atoms with van der Waals surface area (Å²) in [7, 11) is 0. The highest BCUT2D eigenvalue weighted by molar-refractivity contribution is 6.17. The molecule has 0 spiro atoms. The third kappa shape index (κ3) is 2.18. The number of halogens is 1. The van der Waals surface area contributed by atoms with Crippen LogP contribution in [0.3, 0.4) is 0 Å². The maximum atomic E-state index is 9.30. The second-order valence-corrected chi connectivity index (χ2v) is 2.78. The minimum atomic E-state index is -0.207. The fourth-order valence-electron chi connectivity index (χ4n) is 1.00. The molecule has 0 atom stereocenters. The molecule has 1 aromatic rings. The van der Waals surface area contributed by atoms with E-state index in [-0.39, 0.29) is 17.4 Å². The number of aromatic hydroxyl groups is 2. The van der Waals surface area contributed by atoms with E-state index in [1.807, 2.05) is 6.92 Å². The summed E-state index contributed by atoms with van der Waals surface area (Å²) in [5.74, 6) is 0.258. The minimum Gasteiger partial charge on any atom is -0.504 e. The molecule has 0 aromatic heterocycles. The summed E-state index contributed by atoms with van der Waals surface area (Å²) < 4.78 is 5.15. The Morgan fingerprint density at radius 2 is 2.08 bits per heavy atom. The molecule has 4 heteroatoms. The first-order valence-corrected chi connectivity index (χ1v) is 4.46. The Labute approximate surface area is 81.5 Å². The van der Waals surface area contributed by atoms with Gasteiger partial charge in [0.2, 0.25) is 0 Å². The van der Waals surface area contributed by atoms with E-state index in [1.54, 1.807) is 6.07 Å². The zero-order chi connectivity index (χ0) is 9.84. The predicted molar refractivity (Wildman–Crippen MR) is 50.5 cm³/mol. The fourth-order valence-corrected chi connectivity index (χ4v) is 1.20. The number of alkyl halides is 1. The lowest BCUT2D eigenvalue weighted by atomic mass is 10.2. The second-order valence-electron chi connectivity index (χ2n) is 2.52. The van der Waals surface area contributed by atoms with Crippen molar-refractivity contribution in [2.24, 2.45) is 0 Å². The van der Waals surface area contributed by atoms with Gasteiger partial charge in [-0.3, -0.25) is 0 Å². The molecule has 1 rings (SSSR count). The molecule has 0 saturated carbocycles. The Morgan fingerprint density at radius 3 is 2.62 bits per heavy atom. The van der Waals surface area contributed by atoms with Gasteiger partial charge in [-0.2, -0.15) is 0 Å². The Bertz CT molecular complexity index is 299. The van der Waals surface area contributed by atoms with Crippen LogP contribution >= 0.6 is 11.6 Å². The van der Waals surface area contributed by atoms with Gasteiger partial charge in [0.05, 0.1) is 12.5 Å². The van der Waals surface area contributed by atoms with Crippen LogP contribution in [-0.4, -0.2) is 16.8 Å². The van der Waals surface area contributed by atoms with Crippen LogP contribution in [0, 0.1) is 0 Å². The molecule has 72 valence electrons. The Kier molecular flexibility index (Phi) is 3.25. The van der Waals surface area contributed by atoms with Crippen LogP contribution in [0.1, 0.15) is 12.5 Å². The highest BCUT2D eigenvalue weighted by atomic mass is 35.5. The molecule has 0 amide bonds. The number of rotatable bonds is 3. The van der Waals surface area contributed by atoms with Crippen LogP contribution in [0.5, 0.6) is 17.2 Å². The number of phenolic OH excluding ortho intramolecular Hbond substituents is 2. The number of hydrogen-bond acceptors (Lipinski definition) is 3. The highest BCUT2D eigenvalue weighted by Crippen LogP contribution is 2.34. The van der Waals surface area contributed by atoms with Gasteiger partial charge in [-0.15, -0.1) is 11.6 Å². The summed E-state index contributed by atoms with van der Waals surface area (Å²) in [6, 6.07) is 2.96. The van der Waals surface area contributed by atoms with Crippen molar-refractivity contribution in [2.75, 3.05) is 6.61 Å². The second kappa shape index (κ2) is 4.23. The van der Waals surface area contributed by atoms with E-state index in [1.165, 1.54) is 6.07 Å². The van der Waals surface area contributed by atoms with E-state index in [0.29, 0.717) is 17.9 Å². The molecule has 2 N–H and O–H groups in total. The molecule has 0 fully saturated rings. The average Bonchev–Trinajstić information content (AvgIpc) is 2.11. The summed E-state index contributed by atoms with van der Waals surface area (Å²) in [4.78, 5) is 0. The maximum absolute atomic E-state index is 9.30. The Morgan fingerprint density at radius 1 is 1.38 bits per heavy atom. The van der Waals surface area contributed by atoms with Gasteiger partial charge in [0, 0.05) is 11.6 Å². The summed E-state index contributed by atoms with van der Waals surface area (Å²) in [5, 5.41) is 18.6. The SMILES string of the molecule is CCOc1cc(O)c(O)c(CCl)c1. The molecule has 0 radical (unpaired) electrons. The van der Waals surface area contributed by atoms with Crippen LogP contribution in [-0.2, 0) is 5.88 Å². The number of ether oxygens (including phenoxy) is 1. The molecule has 0 aliphatic rings. The van der Waals surface area contributed by atoms with E-state index >= 15 is 0 Å². The van der Waals surface area contributed by atoms with Gasteiger partial charge in [-0.25, -0.2) is 0 Å². The van der Waals surface area contributed by atoms with E-state index in [4.69, 9.17) is 16.3 Å². The van der Waals surface area contributed by atoms with E-state index in [9.17, 15) is 10.2 Å². The molecule has 0 aliphatic carbocycles. The highest BCUT2D eigenvalue weighted by Gasteiger charge is 2.08. The normalized spacial score (nSPS) is 10.0. The van der Waals surface area contributed by atoms with Gasteiger partial charge in [0.25, 0.3) is 0 Å². The van der Waals surface area contributed by atoms with Crippen LogP contribution < -0.4 is 4.74 Å². The largest absolute Gasteiger partial charge is 0.504 e. The van der Waals surface area contributed by atoms with Crippen molar-refractivity contribution in [3.8, 4) is 17.2 Å². The minimum absolute atomic E-state index is 0.139. The smallest absolute Gasteiger partial charge is 0.162 e. The summed E-state index contributed by atoms with van der Waals surface area (Å²) in [6.07, 6.45) is 0. The number of phenols is 2. The number of benzene rings is 1. The van der Waals surface area contributed by atoms with Gasteiger partial charge >= 0.3 is 0 Å². The van der Waals surface area contributed by atoms with Crippen molar-refractivity contribution in [1.29, 1.82) is 0 Å². The van der Waals surface area contributed by atoms with Crippen LogP contribution in [0.4, 0.5) is 0 Å². The molecule has 13 heavy (non-hydrogen) atoms. The molecule has 3 nitrogen and oxygen atoms in total. The molecular formula is C9H11ClO3. The molecule has 0 saturated heterocycles. The third-order valence-corrected chi connectivity index (χ3v) is 1.89. The van der Waals surface area contributed by atoms with Crippen molar-refractivity contribution in [3.63, 3.8) is 0 Å². The summed E-state index contributed by atoms with van der Waals surface area (Å²) in [6.45, 7) is 2.34. The van der Waals surface area contributed by atoms with E-state index in [0.717, 1.165) is 0 Å². The van der Waals surface area contributed by atoms with Crippen molar-refractivity contribution < 1.29 is 14.9 Å². The summed E-state index contributed by atoms with van der Waals surface area (Å²) in [5.41, 5.74) is 0.463. The summed E-state index contributed by atoms with van der Waals surface area (Å²) >= 11 is 5.55. The van der Waals surface area contributed by atoms with Crippen molar-refractivity contribution >= 4 is 11.6 Å². The first kappa shape index (κ1) is 9.99.